The normalized spacial score (nSPS) is 11.9. The number of hydrogen-bond donors (Lipinski definition) is 1. The van der Waals surface area contributed by atoms with E-state index in [-0.39, 0.29) is 18.8 Å². The third-order valence-electron chi connectivity index (χ3n) is 2.96. The van der Waals surface area contributed by atoms with Crippen LogP contribution in [0.5, 0.6) is 0 Å². The summed E-state index contributed by atoms with van der Waals surface area (Å²) < 4.78 is 10.2. The highest BCUT2D eigenvalue weighted by atomic mass is 16.5. The molecule has 0 aromatic heterocycles. The predicted molar refractivity (Wildman–Crippen MR) is 79.6 cm³/mol. The minimum absolute atomic E-state index is 0.229. The summed E-state index contributed by atoms with van der Waals surface area (Å²) in [6.45, 7) is 3.06. The topological polar surface area (TPSA) is 78.6 Å². The summed E-state index contributed by atoms with van der Waals surface area (Å²) in [7, 11) is 0. The Kier molecular flexibility index (Phi) is 8.31. The van der Waals surface area contributed by atoms with E-state index in [1.54, 1.807) is 6.92 Å². The number of unbranched alkanes of at least 4 members (excludes halogenated alkanes) is 1. The van der Waals surface area contributed by atoms with Crippen LogP contribution in [0, 0.1) is 0 Å². The third kappa shape index (κ3) is 7.02. The molecule has 0 radical (unpaired) electrons. The minimum atomic E-state index is -1.16. The van der Waals surface area contributed by atoms with Crippen LogP contribution in [-0.2, 0) is 25.7 Å². The van der Waals surface area contributed by atoms with Gasteiger partial charge in [-0.15, -0.1) is 0 Å². The van der Waals surface area contributed by atoms with Crippen LogP contribution < -0.4 is 5.73 Å². The van der Waals surface area contributed by atoms with Gasteiger partial charge in [-0.3, -0.25) is 4.79 Å². The van der Waals surface area contributed by atoms with E-state index in [0.29, 0.717) is 19.6 Å². The number of Topliss-reactive ketones (excluding diaryl/α,β-unsaturated/α-hetero) is 1. The number of ether oxygens (including phenoxy) is 2. The highest BCUT2D eigenvalue weighted by molar-refractivity contribution is 6.02. The van der Waals surface area contributed by atoms with E-state index < -0.39 is 12.0 Å². The lowest BCUT2D eigenvalue weighted by Gasteiger charge is -2.09. The smallest absolute Gasteiger partial charge is 0.330 e. The fourth-order valence-electron chi connectivity index (χ4n) is 1.79. The molecule has 0 saturated carbocycles. The maximum absolute atomic E-state index is 11.6. The molecule has 5 nitrogen and oxygen atoms in total. The quantitative estimate of drug-likeness (QED) is 0.404. The maximum Gasteiger partial charge on any atom is 0.330 e. The van der Waals surface area contributed by atoms with E-state index in [4.69, 9.17) is 15.2 Å². The number of esters is 1. The molecule has 2 N–H and O–H groups in total. The molecule has 1 rings (SSSR count). The van der Waals surface area contributed by atoms with Crippen molar-refractivity contribution in [2.75, 3.05) is 13.2 Å². The van der Waals surface area contributed by atoms with Gasteiger partial charge in [-0.1, -0.05) is 30.3 Å². The molecule has 1 atom stereocenters. The Labute approximate surface area is 125 Å². The summed E-state index contributed by atoms with van der Waals surface area (Å²) in [6, 6.07) is 8.74. The summed E-state index contributed by atoms with van der Waals surface area (Å²) in [5, 5.41) is 0. The highest BCUT2D eigenvalue weighted by Crippen LogP contribution is 2.04. The molecule has 21 heavy (non-hydrogen) atoms. The Morgan fingerprint density at radius 2 is 1.90 bits per heavy atom. The summed E-state index contributed by atoms with van der Waals surface area (Å²) >= 11 is 0. The van der Waals surface area contributed by atoms with Gasteiger partial charge in [0.15, 0.2) is 11.8 Å². The molecule has 1 aromatic rings. The van der Waals surface area contributed by atoms with Crippen molar-refractivity contribution in [1.29, 1.82) is 0 Å². The Hall–Kier alpha value is -1.72. The largest absolute Gasteiger partial charge is 0.464 e. The molecule has 0 heterocycles. The van der Waals surface area contributed by atoms with Crippen molar-refractivity contribution < 1.29 is 19.1 Å². The van der Waals surface area contributed by atoms with Crippen LogP contribution in [-0.4, -0.2) is 31.0 Å². The van der Waals surface area contributed by atoms with Crippen molar-refractivity contribution in [3.8, 4) is 0 Å². The van der Waals surface area contributed by atoms with Crippen LogP contribution in [0.3, 0.4) is 0 Å². The zero-order chi connectivity index (χ0) is 15.5. The standard InChI is InChI=1S/C16H23NO4/c1-2-21-16(19)15(17)14(18)10-6-7-11-20-12-13-8-4-3-5-9-13/h3-5,8-9,15H,2,6-7,10-12,17H2,1H3. The van der Waals surface area contributed by atoms with E-state index in [2.05, 4.69) is 0 Å². The van der Waals surface area contributed by atoms with Gasteiger partial charge in [0, 0.05) is 13.0 Å². The Balaban J connectivity index is 2.08. The van der Waals surface area contributed by atoms with Gasteiger partial charge in [0.05, 0.1) is 13.2 Å². The van der Waals surface area contributed by atoms with E-state index in [9.17, 15) is 9.59 Å². The van der Waals surface area contributed by atoms with Crippen molar-refractivity contribution in [1.82, 2.24) is 0 Å². The van der Waals surface area contributed by atoms with Gasteiger partial charge in [0.2, 0.25) is 0 Å². The fourth-order valence-corrected chi connectivity index (χ4v) is 1.79. The first-order valence-electron chi connectivity index (χ1n) is 7.21. The van der Waals surface area contributed by atoms with Crippen molar-refractivity contribution in [2.45, 2.75) is 38.8 Å². The number of ketones is 1. The number of carbonyl (C=O) groups is 2. The second-order valence-electron chi connectivity index (χ2n) is 4.69. The summed E-state index contributed by atoms with van der Waals surface area (Å²) in [6.07, 6.45) is 1.68. The third-order valence-corrected chi connectivity index (χ3v) is 2.96. The first kappa shape index (κ1) is 17.3. The molecule has 0 aliphatic heterocycles. The van der Waals surface area contributed by atoms with E-state index >= 15 is 0 Å². The average Bonchev–Trinajstić information content (AvgIpc) is 2.51. The molecule has 1 aromatic carbocycles. The van der Waals surface area contributed by atoms with Gasteiger partial charge in [0.25, 0.3) is 0 Å². The van der Waals surface area contributed by atoms with Crippen LogP contribution >= 0.6 is 0 Å². The van der Waals surface area contributed by atoms with Gasteiger partial charge < -0.3 is 15.2 Å². The molecular weight excluding hydrogens is 270 g/mol. The SMILES string of the molecule is CCOC(=O)C(N)C(=O)CCCCOCc1ccccc1. The molecule has 0 aliphatic carbocycles. The molecule has 116 valence electrons. The molecule has 0 fully saturated rings. The van der Waals surface area contributed by atoms with Gasteiger partial charge >= 0.3 is 5.97 Å². The van der Waals surface area contributed by atoms with E-state index in [1.807, 2.05) is 30.3 Å². The first-order chi connectivity index (χ1) is 10.1. The van der Waals surface area contributed by atoms with Crippen molar-refractivity contribution >= 4 is 11.8 Å². The molecule has 0 spiro atoms. The van der Waals surface area contributed by atoms with Crippen molar-refractivity contribution in [3.63, 3.8) is 0 Å². The second-order valence-corrected chi connectivity index (χ2v) is 4.69. The fraction of sp³-hybridized carbons (Fsp3) is 0.500. The average molecular weight is 293 g/mol. The molecular formula is C16H23NO4. The zero-order valence-electron chi connectivity index (χ0n) is 12.4. The Morgan fingerprint density at radius 1 is 1.19 bits per heavy atom. The maximum atomic E-state index is 11.6. The van der Waals surface area contributed by atoms with Gasteiger partial charge in [-0.25, -0.2) is 4.79 Å². The number of nitrogens with two attached hydrogens (primary N) is 1. The predicted octanol–water partition coefficient (Wildman–Crippen LogP) is 1.83. The molecule has 5 heteroatoms. The second kappa shape index (κ2) is 10.1. The van der Waals surface area contributed by atoms with Crippen LogP contribution in [0.15, 0.2) is 30.3 Å². The summed E-state index contributed by atoms with van der Waals surface area (Å²) in [4.78, 5) is 22.9. The lowest BCUT2D eigenvalue weighted by Crippen LogP contribution is -2.39. The van der Waals surface area contributed by atoms with E-state index in [0.717, 1.165) is 12.0 Å². The Bertz CT molecular complexity index is 433. The lowest BCUT2D eigenvalue weighted by atomic mass is 10.1. The van der Waals surface area contributed by atoms with Crippen LogP contribution in [0.4, 0.5) is 0 Å². The number of benzene rings is 1. The van der Waals surface area contributed by atoms with Crippen molar-refractivity contribution in [2.24, 2.45) is 5.73 Å². The zero-order valence-corrected chi connectivity index (χ0v) is 12.4. The summed E-state index contributed by atoms with van der Waals surface area (Å²) in [5.41, 5.74) is 6.63. The highest BCUT2D eigenvalue weighted by Gasteiger charge is 2.22. The van der Waals surface area contributed by atoms with Gasteiger partial charge in [0.1, 0.15) is 0 Å². The van der Waals surface area contributed by atoms with Crippen LogP contribution in [0.25, 0.3) is 0 Å². The lowest BCUT2D eigenvalue weighted by molar-refractivity contribution is -0.147. The molecule has 0 saturated heterocycles. The van der Waals surface area contributed by atoms with Gasteiger partial charge in [-0.2, -0.15) is 0 Å². The van der Waals surface area contributed by atoms with Gasteiger partial charge in [-0.05, 0) is 25.3 Å². The minimum Gasteiger partial charge on any atom is -0.464 e. The number of rotatable bonds is 10. The molecule has 0 aliphatic rings. The van der Waals surface area contributed by atoms with Crippen LogP contribution in [0.1, 0.15) is 31.7 Å². The molecule has 0 amide bonds. The first-order valence-corrected chi connectivity index (χ1v) is 7.21. The van der Waals surface area contributed by atoms with E-state index in [1.165, 1.54) is 0 Å². The monoisotopic (exact) mass is 293 g/mol. The molecule has 1 unspecified atom stereocenters. The number of hydrogen-bond acceptors (Lipinski definition) is 5. The van der Waals surface area contributed by atoms with Crippen molar-refractivity contribution in [3.05, 3.63) is 35.9 Å². The van der Waals surface area contributed by atoms with Crippen LogP contribution in [0.2, 0.25) is 0 Å². The summed E-state index contributed by atoms with van der Waals surface area (Å²) in [5.74, 6) is -0.931. The number of carbonyl (C=O) groups excluding carboxylic acids is 2. The Morgan fingerprint density at radius 3 is 2.57 bits per heavy atom. The molecule has 0 bridgehead atoms.